The normalized spacial score (nSPS) is 13.8. The first kappa shape index (κ1) is 13.1. The Morgan fingerprint density at radius 3 is 2.31 bits per heavy atom. The van der Waals surface area contributed by atoms with E-state index in [0.29, 0.717) is 6.54 Å². The molecule has 0 radical (unpaired) electrons. The van der Waals surface area contributed by atoms with Crippen LogP contribution in [0, 0.1) is 11.2 Å². The minimum atomic E-state index is -0.199. The van der Waals surface area contributed by atoms with Crippen LogP contribution >= 0.6 is 0 Å². The summed E-state index contributed by atoms with van der Waals surface area (Å²) in [5.41, 5.74) is 6.78. The molecule has 0 saturated heterocycles. The molecule has 0 heterocycles. The highest BCUT2D eigenvalue weighted by atomic mass is 19.1. The third-order valence-electron chi connectivity index (χ3n) is 3.06. The van der Waals surface area contributed by atoms with Gasteiger partial charge in [-0.3, -0.25) is 0 Å². The fourth-order valence-corrected chi connectivity index (χ4v) is 2.18. The van der Waals surface area contributed by atoms with Crippen LogP contribution in [0.1, 0.15) is 31.9 Å². The first-order valence-electron chi connectivity index (χ1n) is 5.64. The molecule has 0 bridgehead atoms. The number of hydrogen-bond donors (Lipinski definition) is 2. The van der Waals surface area contributed by atoms with Gasteiger partial charge in [0.25, 0.3) is 0 Å². The van der Waals surface area contributed by atoms with Gasteiger partial charge in [0.05, 0.1) is 0 Å². The maximum atomic E-state index is 12.9. The van der Waals surface area contributed by atoms with Crippen molar-refractivity contribution in [3.05, 3.63) is 35.6 Å². The maximum Gasteiger partial charge on any atom is 0.123 e. The Labute approximate surface area is 97.0 Å². The summed E-state index contributed by atoms with van der Waals surface area (Å²) in [6.07, 6.45) is 0.926. The minimum Gasteiger partial charge on any atom is -0.330 e. The Kier molecular flexibility index (Phi) is 4.44. The van der Waals surface area contributed by atoms with Gasteiger partial charge in [-0.2, -0.15) is 0 Å². The number of benzene rings is 1. The second-order valence-electron chi connectivity index (χ2n) is 4.80. The van der Waals surface area contributed by atoms with Crippen molar-refractivity contribution in [2.75, 3.05) is 13.6 Å². The van der Waals surface area contributed by atoms with Gasteiger partial charge in [-0.15, -0.1) is 0 Å². The van der Waals surface area contributed by atoms with E-state index in [9.17, 15) is 4.39 Å². The van der Waals surface area contributed by atoms with Gasteiger partial charge in [0.2, 0.25) is 0 Å². The predicted molar refractivity (Wildman–Crippen MR) is 65.7 cm³/mol. The lowest BCUT2D eigenvalue weighted by Gasteiger charge is -2.34. The highest BCUT2D eigenvalue weighted by Gasteiger charge is 2.28. The highest BCUT2D eigenvalue weighted by molar-refractivity contribution is 5.21. The zero-order valence-electron chi connectivity index (χ0n) is 10.3. The summed E-state index contributed by atoms with van der Waals surface area (Å²) in [5.74, 6) is -0.199. The lowest BCUT2D eigenvalue weighted by atomic mass is 9.78. The van der Waals surface area contributed by atoms with Crippen molar-refractivity contribution in [3.63, 3.8) is 0 Å². The Bertz CT molecular complexity index is 319. The average Bonchev–Trinajstić information content (AvgIpc) is 2.21. The summed E-state index contributed by atoms with van der Waals surface area (Å²) in [7, 11) is 1.92. The van der Waals surface area contributed by atoms with Crippen molar-refractivity contribution in [2.24, 2.45) is 11.1 Å². The summed E-state index contributed by atoms with van der Waals surface area (Å²) in [5, 5.41) is 3.28. The molecular formula is C13H21FN2. The molecule has 1 aromatic carbocycles. The van der Waals surface area contributed by atoms with Gasteiger partial charge in [0.1, 0.15) is 5.82 Å². The van der Waals surface area contributed by atoms with E-state index >= 15 is 0 Å². The van der Waals surface area contributed by atoms with Crippen LogP contribution in [-0.2, 0) is 0 Å². The molecule has 0 aromatic heterocycles. The SMILES string of the molecule is CNC(c1ccc(F)cc1)C(C)(C)CCN. The Morgan fingerprint density at radius 1 is 1.31 bits per heavy atom. The van der Waals surface area contributed by atoms with E-state index < -0.39 is 0 Å². The molecule has 1 rings (SSSR count). The third kappa shape index (κ3) is 3.03. The molecule has 1 aromatic rings. The number of nitrogens with one attached hydrogen (secondary N) is 1. The zero-order valence-corrected chi connectivity index (χ0v) is 10.3. The quantitative estimate of drug-likeness (QED) is 0.806. The molecule has 0 saturated carbocycles. The molecule has 3 N–H and O–H groups in total. The molecule has 0 aliphatic rings. The van der Waals surface area contributed by atoms with Crippen molar-refractivity contribution in [1.29, 1.82) is 0 Å². The summed E-state index contributed by atoms with van der Waals surface area (Å²) < 4.78 is 12.9. The molecule has 0 fully saturated rings. The summed E-state index contributed by atoms with van der Waals surface area (Å²) in [4.78, 5) is 0. The Balaban J connectivity index is 2.93. The Morgan fingerprint density at radius 2 is 1.88 bits per heavy atom. The maximum absolute atomic E-state index is 12.9. The predicted octanol–water partition coefficient (Wildman–Crippen LogP) is 2.46. The molecule has 90 valence electrons. The fourth-order valence-electron chi connectivity index (χ4n) is 2.18. The molecular weight excluding hydrogens is 203 g/mol. The zero-order chi connectivity index (χ0) is 12.2. The smallest absolute Gasteiger partial charge is 0.123 e. The molecule has 0 spiro atoms. The first-order valence-corrected chi connectivity index (χ1v) is 5.64. The summed E-state index contributed by atoms with van der Waals surface area (Å²) in [6, 6.07) is 6.84. The Hall–Kier alpha value is -0.930. The average molecular weight is 224 g/mol. The van der Waals surface area contributed by atoms with Gasteiger partial charge in [-0.25, -0.2) is 4.39 Å². The van der Waals surface area contributed by atoms with Gasteiger partial charge < -0.3 is 11.1 Å². The third-order valence-corrected chi connectivity index (χ3v) is 3.06. The van der Waals surface area contributed by atoms with Crippen LogP contribution in [0.4, 0.5) is 4.39 Å². The summed E-state index contributed by atoms with van der Waals surface area (Å²) in [6.45, 7) is 5.00. The van der Waals surface area contributed by atoms with Gasteiger partial charge in [-0.05, 0) is 43.1 Å². The van der Waals surface area contributed by atoms with Crippen LogP contribution in [0.5, 0.6) is 0 Å². The standard InChI is InChI=1S/C13H21FN2/c1-13(2,8-9-15)12(16-3)10-4-6-11(14)7-5-10/h4-7,12,16H,8-9,15H2,1-3H3. The lowest BCUT2D eigenvalue weighted by molar-refractivity contribution is 0.239. The molecule has 1 unspecified atom stereocenters. The van der Waals surface area contributed by atoms with Crippen LogP contribution in [0.25, 0.3) is 0 Å². The molecule has 3 heteroatoms. The van der Waals surface area contributed by atoms with Crippen LogP contribution < -0.4 is 11.1 Å². The van der Waals surface area contributed by atoms with E-state index in [-0.39, 0.29) is 17.3 Å². The van der Waals surface area contributed by atoms with E-state index in [1.165, 1.54) is 12.1 Å². The molecule has 0 aliphatic heterocycles. The topological polar surface area (TPSA) is 38.0 Å². The van der Waals surface area contributed by atoms with Crippen molar-refractivity contribution in [2.45, 2.75) is 26.3 Å². The van der Waals surface area contributed by atoms with Crippen molar-refractivity contribution in [1.82, 2.24) is 5.32 Å². The lowest BCUT2D eigenvalue weighted by Crippen LogP contribution is -2.33. The number of rotatable bonds is 5. The van der Waals surface area contributed by atoms with E-state index in [0.717, 1.165) is 12.0 Å². The van der Waals surface area contributed by atoms with E-state index in [2.05, 4.69) is 19.2 Å². The molecule has 0 amide bonds. The van der Waals surface area contributed by atoms with Gasteiger partial charge >= 0.3 is 0 Å². The number of nitrogens with two attached hydrogens (primary N) is 1. The monoisotopic (exact) mass is 224 g/mol. The van der Waals surface area contributed by atoms with E-state index in [1.54, 1.807) is 0 Å². The van der Waals surface area contributed by atoms with Gasteiger partial charge in [0.15, 0.2) is 0 Å². The molecule has 1 atom stereocenters. The molecule has 0 aliphatic carbocycles. The minimum absolute atomic E-state index is 0.0569. The van der Waals surface area contributed by atoms with Crippen LogP contribution in [0.2, 0.25) is 0 Å². The second-order valence-corrected chi connectivity index (χ2v) is 4.80. The highest BCUT2D eigenvalue weighted by Crippen LogP contribution is 2.35. The van der Waals surface area contributed by atoms with Crippen molar-refractivity contribution < 1.29 is 4.39 Å². The van der Waals surface area contributed by atoms with Gasteiger partial charge in [0, 0.05) is 6.04 Å². The van der Waals surface area contributed by atoms with Crippen molar-refractivity contribution in [3.8, 4) is 0 Å². The van der Waals surface area contributed by atoms with Crippen molar-refractivity contribution >= 4 is 0 Å². The second kappa shape index (κ2) is 5.41. The van der Waals surface area contributed by atoms with Crippen LogP contribution in [0.3, 0.4) is 0 Å². The molecule has 2 nitrogen and oxygen atoms in total. The first-order chi connectivity index (χ1) is 7.51. The summed E-state index contributed by atoms with van der Waals surface area (Å²) >= 11 is 0. The number of hydrogen-bond acceptors (Lipinski definition) is 2. The largest absolute Gasteiger partial charge is 0.330 e. The van der Waals surface area contributed by atoms with E-state index in [4.69, 9.17) is 5.73 Å². The number of halogens is 1. The van der Waals surface area contributed by atoms with Gasteiger partial charge in [-0.1, -0.05) is 26.0 Å². The van der Waals surface area contributed by atoms with Crippen LogP contribution in [0.15, 0.2) is 24.3 Å². The molecule has 16 heavy (non-hydrogen) atoms. The van der Waals surface area contributed by atoms with Crippen LogP contribution in [-0.4, -0.2) is 13.6 Å². The fraction of sp³-hybridized carbons (Fsp3) is 0.538. The van der Waals surface area contributed by atoms with E-state index in [1.807, 2.05) is 19.2 Å².